The minimum atomic E-state index is -3.69. The predicted molar refractivity (Wildman–Crippen MR) is 153 cm³/mol. The third-order valence-corrected chi connectivity index (χ3v) is 11.1. The van der Waals surface area contributed by atoms with Crippen molar-refractivity contribution in [2.24, 2.45) is 0 Å². The Bertz CT molecular complexity index is 1640. The van der Waals surface area contributed by atoms with Gasteiger partial charge in [-0.05, 0) is 56.5 Å². The van der Waals surface area contributed by atoms with Crippen molar-refractivity contribution >= 4 is 49.3 Å². The first-order valence-corrected chi connectivity index (χ1v) is 15.7. The number of thiazole rings is 1. The van der Waals surface area contributed by atoms with Gasteiger partial charge >= 0.3 is 0 Å². The van der Waals surface area contributed by atoms with Crippen LogP contribution >= 0.6 is 22.7 Å². The van der Waals surface area contributed by atoms with E-state index < -0.39 is 10.0 Å². The standard InChI is InChI=1S/C27H28N6O2S3/c1-18(2)33(38(34,35)24-8-4-13-36-24)23-7-3-6-19-14-22(31-25(19)23)27-30-15-21(37-27)17-32-12-9-20(16-32)26-28-10-5-11-29-26/h3-8,10-11,13-15,18,20,31H,9,12,16-17H2,1-2H3. The second-order valence-electron chi connectivity index (χ2n) is 9.71. The molecular formula is C27H28N6O2S3. The van der Waals surface area contributed by atoms with Gasteiger partial charge in [0, 0.05) is 53.9 Å². The number of anilines is 1. The number of aromatic amines is 1. The number of sulfonamides is 1. The Hall–Kier alpha value is -3.12. The number of hydrogen-bond acceptors (Lipinski definition) is 8. The summed E-state index contributed by atoms with van der Waals surface area (Å²) in [5.41, 5.74) is 2.32. The molecule has 1 atom stereocenters. The van der Waals surface area contributed by atoms with Crippen LogP contribution in [0.4, 0.5) is 5.69 Å². The molecule has 38 heavy (non-hydrogen) atoms. The van der Waals surface area contributed by atoms with E-state index in [4.69, 9.17) is 4.98 Å². The number of nitrogens with zero attached hydrogens (tertiary/aromatic N) is 5. The van der Waals surface area contributed by atoms with Gasteiger partial charge in [-0.1, -0.05) is 18.2 Å². The zero-order valence-corrected chi connectivity index (χ0v) is 23.6. The zero-order valence-electron chi connectivity index (χ0n) is 21.1. The van der Waals surface area contributed by atoms with Crippen LogP contribution in [0.5, 0.6) is 0 Å². The molecule has 0 spiro atoms. The molecule has 0 amide bonds. The highest BCUT2D eigenvalue weighted by atomic mass is 32.2. The van der Waals surface area contributed by atoms with Gasteiger partial charge in [-0.25, -0.2) is 23.4 Å². The Kier molecular flexibility index (Phi) is 6.77. The second-order valence-corrected chi connectivity index (χ2v) is 13.8. The van der Waals surface area contributed by atoms with Gasteiger partial charge < -0.3 is 4.98 Å². The fourth-order valence-electron chi connectivity index (χ4n) is 5.07. The molecule has 4 aromatic heterocycles. The van der Waals surface area contributed by atoms with Crippen LogP contribution in [0.3, 0.4) is 0 Å². The number of aromatic nitrogens is 4. The molecule has 5 aromatic rings. The van der Waals surface area contributed by atoms with Crippen LogP contribution in [-0.2, 0) is 16.6 Å². The van der Waals surface area contributed by atoms with Crippen molar-refractivity contribution in [2.45, 2.75) is 43.0 Å². The molecule has 0 bridgehead atoms. The lowest BCUT2D eigenvalue weighted by Gasteiger charge is -2.28. The number of nitrogens with one attached hydrogen (secondary N) is 1. The summed E-state index contributed by atoms with van der Waals surface area (Å²) in [5, 5.41) is 3.63. The van der Waals surface area contributed by atoms with Gasteiger partial charge in [0.2, 0.25) is 0 Å². The molecule has 8 nitrogen and oxygen atoms in total. The fraction of sp³-hybridized carbons (Fsp3) is 0.296. The van der Waals surface area contributed by atoms with Gasteiger partial charge in [0.1, 0.15) is 15.0 Å². The van der Waals surface area contributed by atoms with Crippen molar-refractivity contribution in [3.05, 3.63) is 77.1 Å². The summed E-state index contributed by atoms with van der Waals surface area (Å²) in [4.78, 5) is 20.7. The van der Waals surface area contributed by atoms with Crippen molar-refractivity contribution in [2.75, 3.05) is 17.4 Å². The molecule has 1 saturated heterocycles. The van der Waals surface area contributed by atoms with Gasteiger partial charge in [-0.2, -0.15) is 0 Å². The Labute approximate surface area is 230 Å². The molecule has 6 rings (SSSR count). The Morgan fingerprint density at radius 1 is 1.13 bits per heavy atom. The van der Waals surface area contributed by atoms with Crippen LogP contribution in [0.25, 0.3) is 21.6 Å². The smallest absolute Gasteiger partial charge is 0.274 e. The molecule has 0 aliphatic carbocycles. The Morgan fingerprint density at radius 3 is 2.74 bits per heavy atom. The minimum Gasteiger partial charge on any atom is -0.351 e. The topological polar surface area (TPSA) is 95.1 Å². The maximum Gasteiger partial charge on any atom is 0.274 e. The molecule has 196 valence electrons. The van der Waals surface area contributed by atoms with E-state index in [9.17, 15) is 8.42 Å². The zero-order chi connectivity index (χ0) is 26.3. The van der Waals surface area contributed by atoms with Crippen LogP contribution in [0.15, 0.2) is 70.6 Å². The second kappa shape index (κ2) is 10.2. The van der Waals surface area contributed by atoms with Crippen LogP contribution < -0.4 is 4.31 Å². The SMILES string of the molecule is CC(C)N(c1cccc2cc(-c3ncc(CN4CCC(c5ncccn5)C4)s3)[nH]c12)S(=O)(=O)c1cccs1. The Morgan fingerprint density at radius 2 is 1.97 bits per heavy atom. The number of hydrogen-bond donors (Lipinski definition) is 1. The van der Waals surface area contributed by atoms with Crippen molar-refractivity contribution in [1.29, 1.82) is 0 Å². The summed E-state index contributed by atoms with van der Waals surface area (Å²) < 4.78 is 28.9. The summed E-state index contributed by atoms with van der Waals surface area (Å²) in [6, 6.07) is 12.8. The summed E-state index contributed by atoms with van der Waals surface area (Å²) in [6.45, 7) is 6.58. The van der Waals surface area contributed by atoms with E-state index in [-0.39, 0.29) is 6.04 Å². The monoisotopic (exact) mass is 564 g/mol. The highest BCUT2D eigenvalue weighted by molar-refractivity contribution is 7.94. The van der Waals surface area contributed by atoms with Crippen LogP contribution in [-0.4, -0.2) is 52.4 Å². The van der Waals surface area contributed by atoms with Crippen molar-refractivity contribution in [1.82, 2.24) is 24.8 Å². The third-order valence-electron chi connectivity index (χ3n) is 6.74. The number of fused-ring (bicyclic) bond motifs is 1. The lowest BCUT2D eigenvalue weighted by molar-refractivity contribution is 0.328. The van der Waals surface area contributed by atoms with Crippen molar-refractivity contribution in [3.8, 4) is 10.7 Å². The molecule has 1 aliphatic rings. The summed E-state index contributed by atoms with van der Waals surface area (Å²) in [7, 11) is -3.69. The molecular weight excluding hydrogens is 537 g/mol. The minimum absolute atomic E-state index is 0.253. The van der Waals surface area contributed by atoms with E-state index in [1.54, 1.807) is 28.8 Å². The first-order valence-electron chi connectivity index (χ1n) is 12.5. The molecule has 11 heteroatoms. The highest BCUT2D eigenvalue weighted by Gasteiger charge is 2.30. The molecule has 1 aliphatic heterocycles. The van der Waals surface area contributed by atoms with Crippen LogP contribution in [0, 0.1) is 0 Å². The van der Waals surface area contributed by atoms with E-state index in [0.717, 1.165) is 53.5 Å². The normalized spacial score (nSPS) is 16.6. The predicted octanol–water partition coefficient (Wildman–Crippen LogP) is 5.74. The van der Waals surface area contributed by atoms with E-state index in [0.29, 0.717) is 15.8 Å². The molecule has 1 fully saturated rings. The average Bonchev–Trinajstić information content (AvgIpc) is 3.72. The first-order chi connectivity index (χ1) is 18.4. The van der Waals surface area contributed by atoms with Crippen LogP contribution in [0.2, 0.25) is 0 Å². The number of thiophene rings is 1. The number of benzene rings is 1. The van der Waals surface area contributed by atoms with Crippen LogP contribution in [0.1, 0.15) is 36.9 Å². The first kappa shape index (κ1) is 25.2. The lowest BCUT2D eigenvalue weighted by Crippen LogP contribution is -2.36. The number of para-hydroxylation sites is 1. The summed E-state index contributed by atoms with van der Waals surface area (Å²) in [5.74, 6) is 1.29. The largest absolute Gasteiger partial charge is 0.351 e. The van der Waals surface area contributed by atoms with Gasteiger partial charge in [-0.15, -0.1) is 22.7 Å². The highest BCUT2D eigenvalue weighted by Crippen LogP contribution is 2.37. The maximum absolute atomic E-state index is 13.5. The van der Waals surface area contributed by atoms with Gasteiger partial charge in [0.25, 0.3) is 10.0 Å². The van der Waals surface area contributed by atoms with E-state index >= 15 is 0 Å². The summed E-state index contributed by atoms with van der Waals surface area (Å²) >= 11 is 2.90. The third kappa shape index (κ3) is 4.75. The number of rotatable bonds is 8. The fourth-order valence-corrected chi connectivity index (χ4v) is 8.74. The summed E-state index contributed by atoms with van der Waals surface area (Å²) in [6.07, 6.45) is 6.62. The molecule has 0 radical (unpaired) electrons. The molecule has 1 aromatic carbocycles. The van der Waals surface area contributed by atoms with Gasteiger partial charge in [0.05, 0.1) is 16.9 Å². The van der Waals surface area contributed by atoms with E-state index in [1.807, 2.05) is 56.7 Å². The van der Waals surface area contributed by atoms with Crippen molar-refractivity contribution in [3.63, 3.8) is 0 Å². The molecule has 1 unspecified atom stereocenters. The molecule has 0 saturated carbocycles. The Balaban J connectivity index is 1.25. The number of H-pyrrole nitrogens is 1. The van der Waals surface area contributed by atoms with Crippen molar-refractivity contribution < 1.29 is 8.42 Å². The lowest BCUT2D eigenvalue weighted by atomic mass is 10.1. The van der Waals surface area contributed by atoms with E-state index in [2.05, 4.69) is 25.9 Å². The quantitative estimate of drug-likeness (QED) is 0.258. The van der Waals surface area contributed by atoms with E-state index in [1.165, 1.54) is 20.5 Å². The number of likely N-dealkylation sites (tertiary alicyclic amines) is 1. The van der Waals surface area contributed by atoms with Gasteiger partial charge in [-0.3, -0.25) is 9.21 Å². The molecule has 1 N–H and O–H groups in total. The maximum atomic E-state index is 13.5. The average molecular weight is 565 g/mol. The molecule has 5 heterocycles. The van der Waals surface area contributed by atoms with Gasteiger partial charge in [0.15, 0.2) is 0 Å².